The number of ether oxygens (including phenoxy) is 1. The largest absolute Gasteiger partial charge is 0.495 e. The normalized spacial score (nSPS) is 13.6. The summed E-state index contributed by atoms with van der Waals surface area (Å²) in [6.45, 7) is 3.02. The Morgan fingerprint density at radius 2 is 2.00 bits per heavy atom. The van der Waals surface area contributed by atoms with E-state index in [0.717, 1.165) is 30.5 Å². The lowest BCUT2D eigenvalue weighted by Crippen LogP contribution is -2.34. The lowest BCUT2D eigenvalue weighted by atomic mass is 10.2. The second-order valence-electron chi connectivity index (χ2n) is 6.51. The van der Waals surface area contributed by atoms with Gasteiger partial charge in [0.05, 0.1) is 18.5 Å². The minimum absolute atomic E-state index is 0.222. The van der Waals surface area contributed by atoms with Crippen LogP contribution in [0.5, 0.6) is 5.75 Å². The zero-order valence-electron chi connectivity index (χ0n) is 15.5. The molecule has 2 aromatic rings. The van der Waals surface area contributed by atoms with Crippen LogP contribution in [-0.2, 0) is 22.4 Å². The number of fused-ring (bicyclic) bond motifs is 1. The average Bonchev–Trinajstić information content (AvgIpc) is 3.07. The molecule has 1 aliphatic rings. The number of rotatable bonds is 5. The van der Waals surface area contributed by atoms with Gasteiger partial charge in [0.1, 0.15) is 11.8 Å². The fraction of sp³-hybridized carbons (Fsp3) is 0.368. The number of carbonyl (C=O) groups excluding carboxylic acids is 2. The molecule has 0 bridgehead atoms. The number of carbonyl (C=O) groups is 2. The molecule has 3 rings (SSSR count). The van der Waals surface area contributed by atoms with Crippen LogP contribution in [0.25, 0.3) is 0 Å². The molecule has 27 heavy (non-hydrogen) atoms. The summed E-state index contributed by atoms with van der Waals surface area (Å²) in [6, 6.07) is 5.69. The second-order valence-corrected chi connectivity index (χ2v) is 6.51. The maximum atomic E-state index is 12.7. The van der Waals surface area contributed by atoms with Crippen molar-refractivity contribution in [1.29, 1.82) is 0 Å². The number of nitrogens with zero attached hydrogens (tertiary/aromatic N) is 2. The quantitative estimate of drug-likeness (QED) is 0.837. The van der Waals surface area contributed by atoms with Gasteiger partial charge in [0, 0.05) is 18.7 Å². The first-order chi connectivity index (χ1) is 12.9. The summed E-state index contributed by atoms with van der Waals surface area (Å²) >= 11 is 0. The number of hydrogen-bond donors (Lipinski definition) is 2. The summed E-state index contributed by atoms with van der Waals surface area (Å²) in [7, 11) is 1.49. The molecule has 2 amide bonds. The molecular formula is C19H22N4O4. The van der Waals surface area contributed by atoms with Crippen LogP contribution in [0.2, 0.25) is 0 Å². The van der Waals surface area contributed by atoms with E-state index in [2.05, 4.69) is 15.7 Å². The molecule has 0 aliphatic heterocycles. The monoisotopic (exact) mass is 370 g/mol. The summed E-state index contributed by atoms with van der Waals surface area (Å²) in [5.41, 5.74) is 2.47. The first-order valence-electron chi connectivity index (χ1n) is 8.77. The third-order valence-corrected chi connectivity index (χ3v) is 4.51. The predicted molar refractivity (Wildman–Crippen MR) is 101 cm³/mol. The van der Waals surface area contributed by atoms with E-state index in [4.69, 9.17) is 4.74 Å². The van der Waals surface area contributed by atoms with Crippen molar-refractivity contribution in [3.8, 4) is 5.75 Å². The van der Waals surface area contributed by atoms with Crippen LogP contribution in [0.15, 0.2) is 29.1 Å². The number of nitrogens with one attached hydrogen (secondary N) is 2. The number of aromatic nitrogens is 2. The van der Waals surface area contributed by atoms with E-state index < -0.39 is 11.9 Å². The van der Waals surface area contributed by atoms with Crippen molar-refractivity contribution in [2.75, 3.05) is 17.7 Å². The number of aryl methyl sites for hydroxylation is 2. The number of benzene rings is 1. The van der Waals surface area contributed by atoms with Gasteiger partial charge in [-0.3, -0.25) is 14.4 Å². The summed E-state index contributed by atoms with van der Waals surface area (Å²) in [5, 5.41) is 9.78. The van der Waals surface area contributed by atoms with E-state index in [-0.39, 0.29) is 11.5 Å². The highest BCUT2D eigenvalue weighted by molar-refractivity contribution is 5.96. The maximum absolute atomic E-state index is 12.7. The first kappa shape index (κ1) is 18.6. The highest BCUT2D eigenvalue weighted by Crippen LogP contribution is 2.28. The van der Waals surface area contributed by atoms with Gasteiger partial charge in [-0.15, -0.1) is 0 Å². The van der Waals surface area contributed by atoms with Crippen LogP contribution in [0, 0.1) is 0 Å². The molecule has 0 fully saturated rings. The molecule has 0 spiro atoms. The number of amides is 2. The van der Waals surface area contributed by atoms with Crippen molar-refractivity contribution in [3.05, 3.63) is 45.9 Å². The topological polar surface area (TPSA) is 102 Å². The van der Waals surface area contributed by atoms with Gasteiger partial charge in [-0.2, -0.15) is 5.10 Å². The molecular weight excluding hydrogens is 348 g/mol. The Labute approximate surface area is 156 Å². The van der Waals surface area contributed by atoms with Crippen LogP contribution >= 0.6 is 0 Å². The Balaban J connectivity index is 1.84. The molecule has 1 aromatic carbocycles. The Bertz CT molecular complexity index is 951. The van der Waals surface area contributed by atoms with Gasteiger partial charge in [-0.1, -0.05) is 0 Å². The fourth-order valence-electron chi connectivity index (χ4n) is 3.13. The molecule has 1 aliphatic carbocycles. The molecule has 8 nitrogen and oxygen atoms in total. The van der Waals surface area contributed by atoms with Gasteiger partial charge in [0.2, 0.25) is 11.8 Å². The van der Waals surface area contributed by atoms with Crippen molar-refractivity contribution < 1.29 is 14.3 Å². The van der Waals surface area contributed by atoms with Crippen molar-refractivity contribution in [2.45, 2.75) is 39.2 Å². The third kappa shape index (κ3) is 3.99. The van der Waals surface area contributed by atoms with Gasteiger partial charge in [0.25, 0.3) is 5.56 Å². The minimum atomic E-state index is -0.794. The van der Waals surface area contributed by atoms with Crippen LogP contribution in [0.4, 0.5) is 11.4 Å². The maximum Gasteiger partial charge on any atom is 0.267 e. The Hall–Kier alpha value is -3.16. The van der Waals surface area contributed by atoms with Crippen LogP contribution in [-0.4, -0.2) is 28.7 Å². The Morgan fingerprint density at radius 1 is 1.22 bits per heavy atom. The summed E-state index contributed by atoms with van der Waals surface area (Å²) in [5.74, 6) is -0.181. The van der Waals surface area contributed by atoms with E-state index >= 15 is 0 Å². The van der Waals surface area contributed by atoms with Gasteiger partial charge < -0.3 is 15.4 Å². The van der Waals surface area contributed by atoms with E-state index in [1.807, 2.05) is 0 Å². The highest BCUT2D eigenvalue weighted by Gasteiger charge is 2.22. The Kier molecular flexibility index (Phi) is 5.25. The number of methoxy groups -OCH3 is 1. The van der Waals surface area contributed by atoms with Gasteiger partial charge in [-0.05, 0) is 49.9 Å². The first-order valence-corrected chi connectivity index (χ1v) is 8.77. The van der Waals surface area contributed by atoms with E-state index in [1.165, 1.54) is 18.7 Å². The lowest BCUT2D eigenvalue weighted by Gasteiger charge is -2.17. The predicted octanol–water partition coefficient (Wildman–Crippen LogP) is 1.90. The smallest absolute Gasteiger partial charge is 0.267 e. The summed E-state index contributed by atoms with van der Waals surface area (Å²) in [6.07, 6.45) is 2.64. The average molecular weight is 370 g/mol. The van der Waals surface area contributed by atoms with Crippen LogP contribution in [0.3, 0.4) is 0 Å². The standard InChI is InChI=1S/C19H22N4O4/c1-11(23-18(25)9-13-5-4-6-15(13)22-23)19(26)21-16-10-14(20-12(2)24)7-8-17(16)27-3/h7-11H,4-6H2,1-3H3,(H,20,24)(H,21,26). The summed E-state index contributed by atoms with van der Waals surface area (Å²) < 4.78 is 6.48. The van der Waals surface area contributed by atoms with Gasteiger partial charge in [0.15, 0.2) is 0 Å². The zero-order chi connectivity index (χ0) is 19.6. The number of anilines is 2. The Morgan fingerprint density at radius 3 is 2.70 bits per heavy atom. The molecule has 142 valence electrons. The molecule has 0 saturated heterocycles. The molecule has 0 radical (unpaired) electrons. The molecule has 1 heterocycles. The molecule has 1 unspecified atom stereocenters. The van der Waals surface area contributed by atoms with E-state index in [0.29, 0.717) is 17.1 Å². The van der Waals surface area contributed by atoms with E-state index in [9.17, 15) is 14.4 Å². The molecule has 1 aromatic heterocycles. The lowest BCUT2D eigenvalue weighted by molar-refractivity contribution is -0.119. The van der Waals surface area contributed by atoms with Crippen LogP contribution < -0.4 is 20.9 Å². The van der Waals surface area contributed by atoms with Crippen molar-refractivity contribution in [3.63, 3.8) is 0 Å². The minimum Gasteiger partial charge on any atom is -0.495 e. The second kappa shape index (κ2) is 7.61. The van der Waals surface area contributed by atoms with Gasteiger partial charge in [-0.25, -0.2) is 4.68 Å². The highest BCUT2D eigenvalue weighted by atomic mass is 16.5. The molecule has 2 N–H and O–H groups in total. The summed E-state index contributed by atoms with van der Waals surface area (Å²) in [4.78, 5) is 36.3. The third-order valence-electron chi connectivity index (χ3n) is 4.51. The van der Waals surface area contributed by atoms with Crippen LogP contribution in [0.1, 0.15) is 37.6 Å². The molecule has 8 heteroatoms. The van der Waals surface area contributed by atoms with E-state index in [1.54, 1.807) is 31.2 Å². The van der Waals surface area contributed by atoms with Gasteiger partial charge >= 0.3 is 0 Å². The molecule has 1 atom stereocenters. The zero-order valence-corrected chi connectivity index (χ0v) is 15.5. The van der Waals surface area contributed by atoms with Crippen molar-refractivity contribution >= 4 is 23.2 Å². The SMILES string of the molecule is COc1ccc(NC(C)=O)cc1NC(=O)C(C)n1nc2c(cc1=O)CCC2. The van der Waals surface area contributed by atoms with Crippen molar-refractivity contribution in [1.82, 2.24) is 9.78 Å². The van der Waals surface area contributed by atoms with Crippen molar-refractivity contribution in [2.24, 2.45) is 0 Å². The fourth-order valence-corrected chi connectivity index (χ4v) is 3.13. The molecule has 0 saturated carbocycles. The number of hydrogen-bond acceptors (Lipinski definition) is 5.